The van der Waals surface area contributed by atoms with Crippen LogP contribution in [0.25, 0.3) is 0 Å². The Balaban J connectivity index is 1.89. The van der Waals surface area contributed by atoms with Gasteiger partial charge in [-0.1, -0.05) is 32.6 Å². The quantitative estimate of drug-likeness (QED) is 0.682. The summed E-state index contributed by atoms with van der Waals surface area (Å²) < 4.78 is 0. The summed E-state index contributed by atoms with van der Waals surface area (Å²) in [6.45, 7) is 2.33. The van der Waals surface area contributed by atoms with Crippen molar-refractivity contribution in [3.8, 4) is 0 Å². The minimum absolute atomic E-state index is 0.0517. The molecule has 0 bridgehead atoms. The lowest BCUT2D eigenvalue weighted by molar-refractivity contribution is -0.149. The van der Waals surface area contributed by atoms with Crippen LogP contribution in [0.4, 0.5) is 4.79 Å². The maximum Gasteiger partial charge on any atom is 0.315 e. The van der Waals surface area contributed by atoms with E-state index in [0.29, 0.717) is 12.8 Å². The Morgan fingerprint density at radius 1 is 1.00 bits per heavy atom. The molecule has 5 heteroatoms. The molecule has 2 rings (SSSR count). The molecule has 0 aromatic carbocycles. The number of carbonyl (C=O) groups excluding carboxylic acids is 1. The van der Waals surface area contributed by atoms with Gasteiger partial charge in [-0.25, -0.2) is 4.79 Å². The summed E-state index contributed by atoms with van der Waals surface area (Å²) in [6, 6.07) is -0.207. The maximum absolute atomic E-state index is 12.1. The first-order valence-electron chi connectivity index (χ1n) is 8.31. The van der Waals surface area contributed by atoms with Crippen LogP contribution < -0.4 is 10.6 Å². The third-order valence-electron chi connectivity index (χ3n) is 5.47. The van der Waals surface area contributed by atoms with Gasteiger partial charge >= 0.3 is 12.0 Å². The van der Waals surface area contributed by atoms with E-state index >= 15 is 0 Å². The smallest absolute Gasteiger partial charge is 0.315 e. The molecule has 2 aliphatic rings. The van der Waals surface area contributed by atoms with E-state index in [2.05, 4.69) is 17.6 Å². The van der Waals surface area contributed by atoms with Gasteiger partial charge in [0, 0.05) is 12.1 Å². The third-order valence-corrected chi connectivity index (χ3v) is 5.47. The molecule has 3 N–H and O–H groups in total. The molecule has 0 saturated heterocycles. The van der Waals surface area contributed by atoms with Crippen LogP contribution in [0.2, 0.25) is 0 Å². The zero-order valence-corrected chi connectivity index (χ0v) is 13.0. The number of rotatable bonds is 5. The Bertz CT molecular complexity index is 377. The largest absolute Gasteiger partial charge is 0.481 e. The van der Waals surface area contributed by atoms with Crippen LogP contribution in [0.15, 0.2) is 0 Å². The summed E-state index contributed by atoms with van der Waals surface area (Å²) in [5, 5.41) is 15.5. The van der Waals surface area contributed by atoms with Crippen molar-refractivity contribution in [1.82, 2.24) is 10.6 Å². The molecule has 2 aliphatic carbocycles. The van der Waals surface area contributed by atoms with Crippen LogP contribution in [0.3, 0.4) is 0 Å². The van der Waals surface area contributed by atoms with Gasteiger partial charge < -0.3 is 15.7 Å². The predicted molar refractivity (Wildman–Crippen MR) is 81.2 cm³/mol. The molecule has 0 spiro atoms. The second kappa shape index (κ2) is 6.67. The monoisotopic (exact) mass is 296 g/mol. The number of urea groups is 1. The Labute approximate surface area is 126 Å². The first-order valence-corrected chi connectivity index (χ1v) is 8.31. The molecule has 0 aliphatic heterocycles. The van der Waals surface area contributed by atoms with E-state index in [1.807, 2.05) is 0 Å². The summed E-state index contributed by atoms with van der Waals surface area (Å²) in [6.07, 6.45) is 9.56. The van der Waals surface area contributed by atoms with Crippen LogP contribution in [-0.4, -0.2) is 29.2 Å². The molecule has 0 aromatic rings. The Morgan fingerprint density at radius 2 is 1.62 bits per heavy atom. The lowest BCUT2D eigenvalue weighted by Gasteiger charge is -2.42. The van der Waals surface area contributed by atoms with E-state index < -0.39 is 11.4 Å². The second-order valence-electron chi connectivity index (χ2n) is 6.79. The van der Waals surface area contributed by atoms with Crippen molar-refractivity contribution in [3.63, 3.8) is 0 Å². The Hall–Kier alpha value is -1.26. The van der Waals surface area contributed by atoms with Gasteiger partial charge in [0.2, 0.25) is 0 Å². The molecule has 2 amide bonds. The molecule has 0 atom stereocenters. The number of carboxylic acids is 1. The maximum atomic E-state index is 12.1. The van der Waals surface area contributed by atoms with Crippen LogP contribution in [0.5, 0.6) is 0 Å². The van der Waals surface area contributed by atoms with E-state index in [1.165, 1.54) is 0 Å². The molecule has 2 fully saturated rings. The van der Waals surface area contributed by atoms with E-state index in [1.54, 1.807) is 0 Å². The normalized spacial score (nSPS) is 23.5. The summed E-state index contributed by atoms with van der Waals surface area (Å²) >= 11 is 0. The molecule has 0 aromatic heterocycles. The van der Waals surface area contributed by atoms with E-state index in [-0.39, 0.29) is 18.1 Å². The van der Waals surface area contributed by atoms with E-state index in [9.17, 15) is 14.7 Å². The number of hydrogen-bond donors (Lipinski definition) is 3. The zero-order valence-electron chi connectivity index (χ0n) is 13.0. The summed E-state index contributed by atoms with van der Waals surface area (Å²) in [5.74, 6) is -0.765. The fourth-order valence-corrected chi connectivity index (χ4v) is 3.58. The van der Waals surface area contributed by atoms with Crippen LogP contribution >= 0.6 is 0 Å². The topological polar surface area (TPSA) is 78.4 Å². The van der Waals surface area contributed by atoms with Gasteiger partial charge in [0.05, 0.1) is 5.41 Å². The first-order chi connectivity index (χ1) is 10.0. The Kier molecular flexibility index (Phi) is 5.12. The highest BCUT2D eigenvalue weighted by Gasteiger charge is 2.40. The molecule has 0 heterocycles. The van der Waals surface area contributed by atoms with E-state index in [0.717, 1.165) is 51.4 Å². The second-order valence-corrected chi connectivity index (χ2v) is 6.79. The minimum Gasteiger partial charge on any atom is -0.481 e. The Morgan fingerprint density at radius 3 is 2.05 bits per heavy atom. The number of aliphatic carboxylic acids is 1. The summed E-state index contributed by atoms with van der Waals surface area (Å²) in [5.41, 5.74) is -0.823. The summed E-state index contributed by atoms with van der Waals surface area (Å²) in [4.78, 5) is 23.8. The van der Waals surface area contributed by atoms with Gasteiger partial charge in [-0.15, -0.1) is 0 Å². The molecule has 0 radical (unpaired) electrons. The molecular formula is C16H28N2O3. The van der Waals surface area contributed by atoms with Crippen molar-refractivity contribution in [3.05, 3.63) is 0 Å². The number of amides is 2. The minimum atomic E-state index is -0.771. The highest BCUT2D eigenvalue weighted by Crippen LogP contribution is 2.36. The van der Waals surface area contributed by atoms with Gasteiger partial charge in [-0.05, 0) is 38.5 Å². The van der Waals surface area contributed by atoms with Crippen LogP contribution in [0.1, 0.15) is 71.1 Å². The van der Waals surface area contributed by atoms with Crippen molar-refractivity contribution >= 4 is 12.0 Å². The third kappa shape index (κ3) is 3.69. The number of carboxylic acid groups (broad SMARTS) is 1. The molecule has 21 heavy (non-hydrogen) atoms. The van der Waals surface area contributed by atoms with Gasteiger partial charge in [0.25, 0.3) is 0 Å². The zero-order chi connectivity index (χ0) is 15.3. The fraction of sp³-hybridized carbons (Fsp3) is 0.875. The number of hydrogen-bond acceptors (Lipinski definition) is 2. The predicted octanol–water partition coefficient (Wildman–Crippen LogP) is 3.04. The average Bonchev–Trinajstić information content (AvgIpc) is 2.67. The van der Waals surface area contributed by atoms with Crippen molar-refractivity contribution in [1.29, 1.82) is 0 Å². The highest BCUT2D eigenvalue weighted by molar-refractivity contribution is 5.78. The standard InChI is InChI=1S/C16H28N2O3/c1-2-16(10-7-11-16)18-14(21)17-12-15(13(19)20)8-5-3-4-6-9-15/h2-12H2,1H3,(H,19,20)(H2,17,18,21). The van der Waals surface area contributed by atoms with Gasteiger partial charge in [0.15, 0.2) is 0 Å². The van der Waals surface area contributed by atoms with Gasteiger partial charge in [-0.3, -0.25) is 4.79 Å². The summed E-state index contributed by atoms with van der Waals surface area (Å²) in [7, 11) is 0. The number of nitrogens with one attached hydrogen (secondary N) is 2. The molecule has 120 valence electrons. The molecule has 5 nitrogen and oxygen atoms in total. The highest BCUT2D eigenvalue weighted by atomic mass is 16.4. The van der Waals surface area contributed by atoms with Crippen LogP contribution in [0, 0.1) is 5.41 Å². The lowest BCUT2D eigenvalue weighted by Crippen LogP contribution is -2.57. The van der Waals surface area contributed by atoms with Crippen molar-refractivity contribution in [2.24, 2.45) is 5.41 Å². The van der Waals surface area contributed by atoms with Crippen molar-refractivity contribution in [2.75, 3.05) is 6.54 Å². The SMILES string of the molecule is CCC1(NC(=O)NCC2(C(=O)O)CCCCCC2)CCC1. The number of carbonyl (C=O) groups is 2. The lowest BCUT2D eigenvalue weighted by atomic mass is 9.75. The van der Waals surface area contributed by atoms with Crippen LogP contribution in [-0.2, 0) is 4.79 Å². The molecular weight excluding hydrogens is 268 g/mol. The van der Waals surface area contributed by atoms with Crippen molar-refractivity contribution in [2.45, 2.75) is 76.7 Å². The first kappa shape index (κ1) is 16.1. The van der Waals surface area contributed by atoms with Gasteiger partial charge in [-0.2, -0.15) is 0 Å². The van der Waals surface area contributed by atoms with E-state index in [4.69, 9.17) is 0 Å². The average molecular weight is 296 g/mol. The van der Waals surface area contributed by atoms with Crippen molar-refractivity contribution < 1.29 is 14.7 Å². The van der Waals surface area contributed by atoms with Gasteiger partial charge in [0.1, 0.15) is 0 Å². The molecule has 2 saturated carbocycles. The fourth-order valence-electron chi connectivity index (χ4n) is 3.58. The molecule has 0 unspecified atom stereocenters.